The molecule has 1 rings (SSSR count). The van der Waals surface area contributed by atoms with Crippen LogP contribution in [-0.2, 0) is 11.3 Å². The van der Waals surface area contributed by atoms with E-state index < -0.39 is 0 Å². The fourth-order valence-electron chi connectivity index (χ4n) is 1.91. The summed E-state index contributed by atoms with van der Waals surface area (Å²) < 4.78 is 5.10. The van der Waals surface area contributed by atoms with Gasteiger partial charge in [-0.05, 0) is 26.2 Å². The zero-order valence-corrected chi connectivity index (χ0v) is 11.8. The third kappa shape index (κ3) is 3.84. The number of aromatic nitrogens is 1. The topological polar surface area (TPSA) is 67.2 Å². The molecule has 102 valence electrons. The van der Waals surface area contributed by atoms with E-state index in [-0.39, 0.29) is 11.9 Å². The Morgan fingerprint density at radius 1 is 1.39 bits per heavy atom. The van der Waals surface area contributed by atoms with E-state index in [2.05, 4.69) is 29.6 Å². The number of aryl methyl sites for hydroxylation is 2. The Hall–Kier alpha value is -1.36. The van der Waals surface area contributed by atoms with Crippen molar-refractivity contribution >= 4 is 5.91 Å². The SMILES string of the molecule is CNC(=O)C(CC(C)C)NCc1c(C)noc1C. The van der Waals surface area contributed by atoms with Gasteiger partial charge in [0.2, 0.25) is 5.91 Å². The average molecular weight is 253 g/mol. The second kappa shape index (κ2) is 6.54. The van der Waals surface area contributed by atoms with Crippen LogP contribution < -0.4 is 10.6 Å². The van der Waals surface area contributed by atoms with Crippen LogP contribution in [0.3, 0.4) is 0 Å². The molecule has 2 N–H and O–H groups in total. The summed E-state index contributed by atoms with van der Waals surface area (Å²) in [4.78, 5) is 11.8. The molecule has 0 aliphatic heterocycles. The molecule has 1 aromatic rings. The maximum Gasteiger partial charge on any atom is 0.236 e. The predicted octanol–water partition coefficient (Wildman–Crippen LogP) is 1.54. The lowest BCUT2D eigenvalue weighted by molar-refractivity contribution is -0.123. The molecule has 0 aliphatic carbocycles. The van der Waals surface area contributed by atoms with Crippen LogP contribution in [0.15, 0.2) is 4.52 Å². The number of hydrogen-bond acceptors (Lipinski definition) is 4. The normalized spacial score (nSPS) is 12.8. The molecule has 1 unspecified atom stereocenters. The van der Waals surface area contributed by atoms with Crippen molar-refractivity contribution in [2.24, 2.45) is 5.92 Å². The van der Waals surface area contributed by atoms with Crippen molar-refractivity contribution in [3.05, 3.63) is 17.0 Å². The quantitative estimate of drug-likeness (QED) is 0.807. The second-order valence-electron chi connectivity index (χ2n) is 4.98. The summed E-state index contributed by atoms with van der Waals surface area (Å²) in [6, 6.07) is -0.177. The van der Waals surface area contributed by atoms with Crippen molar-refractivity contribution in [2.45, 2.75) is 46.7 Å². The number of amides is 1. The monoisotopic (exact) mass is 253 g/mol. The Labute approximate surface area is 108 Å². The van der Waals surface area contributed by atoms with Crippen molar-refractivity contribution in [3.63, 3.8) is 0 Å². The van der Waals surface area contributed by atoms with Crippen molar-refractivity contribution in [1.82, 2.24) is 15.8 Å². The van der Waals surface area contributed by atoms with Gasteiger partial charge in [0, 0.05) is 19.2 Å². The van der Waals surface area contributed by atoms with Gasteiger partial charge in [0.25, 0.3) is 0 Å². The molecule has 18 heavy (non-hydrogen) atoms. The highest BCUT2D eigenvalue weighted by atomic mass is 16.5. The molecule has 1 aromatic heterocycles. The molecule has 1 heterocycles. The Morgan fingerprint density at radius 2 is 2.06 bits per heavy atom. The van der Waals surface area contributed by atoms with Crippen LogP contribution >= 0.6 is 0 Å². The third-order valence-electron chi connectivity index (χ3n) is 2.98. The first kappa shape index (κ1) is 14.7. The smallest absolute Gasteiger partial charge is 0.236 e. The predicted molar refractivity (Wildman–Crippen MR) is 70.1 cm³/mol. The zero-order chi connectivity index (χ0) is 13.7. The van der Waals surface area contributed by atoms with Gasteiger partial charge in [0.05, 0.1) is 11.7 Å². The van der Waals surface area contributed by atoms with Crippen molar-refractivity contribution < 1.29 is 9.32 Å². The van der Waals surface area contributed by atoms with Gasteiger partial charge in [-0.1, -0.05) is 19.0 Å². The fourth-order valence-corrected chi connectivity index (χ4v) is 1.91. The summed E-state index contributed by atoms with van der Waals surface area (Å²) in [5, 5.41) is 9.87. The summed E-state index contributed by atoms with van der Waals surface area (Å²) >= 11 is 0. The molecular weight excluding hydrogens is 230 g/mol. The molecule has 0 aliphatic rings. The van der Waals surface area contributed by atoms with Crippen molar-refractivity contribution in [1.29, 1.82) is 0 Å². The summed E-state index contributed by atoms with van der Waals surface area (Å²) in [5.74, 6) is 1.29. The van der Waals surface area contributed by atoms with Crippen molar-refractivity contribution in [3.8, 4) is 0 Å². The third-order valence-corrected chi connectivity index (χ3v) is 2.98. The Balaban J connectivity index is 2.64. The molecular formula is C13H23N3O2. The number of likely N-dealkylation sites (N-methyl/N-ethyl adjacent to an activating group) is 1. The van der Waals surface area contributed by atoms with Crippen LogP contribution in [0.4, 0.5) is 0 Å². The molecule has 0 fully saturated rings. The van der Waals surface area contributed by atoms with E-state index in [1.54, 1.807) is 7.05 Å². The van der Waals surface area contributed by atoms with Crippen LogP contribution in [0, 0.1) is 19.8 Å². The molecule has 0 spiro atoms. The summed E-state index contributed by atoms with van der Waals surface area (Å²) in [6.45, 7) is 8.60. The number of nitrogens with one attached hydrogen (secondary N) is 2. The lowest BCUT2D eigenvalue weighted by Gasteiger charge is -2.19. The largest absolute Gasteiger partial charge is 0.361 e. The van der Waals surface area contributed by atoms with Gasteiger partial charge in [0.15, 0.2) is 0 Å². The standard InChI is InChI=1S/C13H23N3O2/c1-8(2)6-12(13(17)14-5)15-7-11-9(3)16-18-10(11)4/h8,12,15H,6-7H2,1-5H3,(H,14,17). The van der Waals surface area contributed by atoms with E-state index in [1.165, 1.54) is 0 Å². The first-order valence-electron chi connectivity index (χ1n) is 6.32. The van der Waals surface area contributed by atoms with Gasteiger partial charge in [0.1, 0.15) is 5.76 Å². The molecule has 1 amide bonds. The minimum atomic E-state index is -0.177. The lowest BCUT2D eigenvalue weighted by Crippen LogP contribution is -2.43. The van der Waals surface area contributed by atoms with Crippen LogP contribution in [0.5, 0.6) is 0 Å². The molecule has 0 saturated heterocycles. The van der Waals surface area contributed by atoms with Crippen LogP contribution in [0.25, 0.3) is 0 Å². The van der Waals surface area contributed by atoms with Gasteiger partial charge in [-0.2, -0.15) is 0 Å². The van der Waals surface area contributed by atoms with E-state index in [1.807, 2.05) is 13.8 Å². The molecule has 0 radical (unpaired) electrons. The minimum absolute atomic E-state index is 0.0236. The van der Waals surface area contributed by atoms with Crippen molar-refractivity contribution in [2.75, 3.05) is 7.05 Å². The van der Waals surface area contributed by atoms with Gasteiger partial charge in [-0.15, -0.1) is 0 Å². The Kier molecular flexibility index (Phi) is 5.34. The molecule has 0 saturated carbocycles. The number of hydrogen-bond donors (Lipinski definition) is 2. The Morgan fingerprint density at radius 3 is 2.50 bits per heavy atom. The maximum absolute atomic E-state index is 11.8. The lowest BCUT2D eigenvalue weighted by atomic mass is 10.0. The molecule has 0 aromatic carbocycles. The molecule has 1 atom stereocenters. The maximum atomic E-state index is 11.8. The number of nitrogens with zero attached hydrogens (tertiary/aromatic N) is 1. The fraction of sp³-hybridized carbons (Fsp3) is 0.692. The highest BCUT2D eigenvalue weighted by Crippen LogP contribution is 2.13. The minimum Gasteiger partial charge on any atom is -0.361 e. The summed E-state index contributed by atoms with van der Waals surface area (Å²) in [7, 11) is 1.66. The van der Waals surface area contributed by atoms with Crippen LogP contribution in [0.2, 0.25) is 0 Å². The summed E-state index contributed by atoms with van der Waals surface area (Å²) in [5.41, 5.74) is 1.91. The number of rotatable bonds is 6. The Bertz CT molecular complexity index is 379. The summed E-state index contributed by atoms with van der Waals surface area (Å²) in [6.07, 6.45) is 0.809. The van der Waals surface area contributed by atoms with E-state index in [0.29, 0.717) is 12.5 Å². The highest BCUT2D eigenvalue weighted by Gasteiger charge is 2.19. The van der Waals surface area contributed by atoms with Gasteiger partial charge in [-0.3, -0.25) is 4.79 Å². The first-order valence-corrected chi connectivity index (χ1v) is 6.32. The molecule has 5 nitrogen and oxygen atoms in total. The first-order chi connectivity index (χ1) is 8.45. The van der Waals surface area contributed by atoms with E-state index in [4.69, 9.17) is 4.52 Å². The van der Waals surface area contributed by atoms with Gasteiger partial charge >= 0.3 is 0 Å². The molecule has 0 bridgehead atoms. The zero-order valence-electron chi connectivity index (χ0n) is 11.8. The van der Waals surface area contributed by atoms with E-state index in [0.717, 1.165) is 23.4 Å². The van der Waals surface area contributed by atoms with Gasteiger partial charge < -0.3 is 15.2 Å². The number of carbonyl (C=O) groups is 1. The highest BCUT2D eigenvalue weighted by molar-refractivity contribution is 5.81. The second-order valence-corrected chi connectivity index (χ2v) is 4.98. The van der Waals surface area contributed by atoms with E-state index >= 15 is 0 Å². The van der Waals surface area contributed by atoms with Crippen LogP contribution in [0.1, 0.15) is 37.3 Å². The molecule has 5 heteroatoms. The van der Waals surface area contributed by atoms with Crippen LogP contribution in [-0.4, -0.2) is 24.2 Å². The average Bonchev–Trinajstić information content (AvgIpc) is 2.63. The van der Waals surface area contributed by atoms with Gasteiger partial charge in [-0.25, -0.2) is 0 Å². The number of carbonyl (C=O) groups excluding carboxylic acids is 1. The van der Waals surface area contributed by atoms with E-state index in [9.17, 15) is 4.79 Å².